The maximum absolute atomic E-state index is 14.0. The van der Waals surface area contributed by atoms with Crippen molar-refractivity contribution in [3.63, 3.8) is 0 Å². The van der Waals surface area contributed by atoms with Gasteiger partial charge in [0.15, 0.2) is 0 Å². The lowest BCUT2D eigenvalue weighted by molar-refractivity contribution is -0.384. The maximum atomic E-state index is 14.0. The summed E-state index contributed by atoms with van der Waals surface area (Å²) in [5.74, 6) is -1.13. The molecule has 1 N–H and O–H groups in total. The summed E-state index contributed by atoms with van der Waals surface area (Å²) in [6.07, 6.45) is 0.218. The third-order valence-electron chi connectivity index (χ3n) is 6.17. The zero-order valence-corrected chi connectivity index (χ0v) is 25.0. The van der Waals surface area contributed by atoms with Gasteiger partial charge >= 0.3 is 0 Å². The lowest BCUT2D eigenvalue weighted by atomic mass is 10.1. The van der Waals surface area contributed by atoms with Crippen molar-refractivity contribution in [3.8, 4) is 0 Å². The number of carbonyl (C=O) groups is 2. The standard InChI is InChI=1S/C28H30Cl2N4O6S/c1-4-26(28(36)31-19(2)3)32(17-23-24(29)11-8-12-25(23)30)27(35)18-33(20-13-15-21(16-14-20)34(37)38)41(39,40)22-9-6-5-7-10-22/h5-16,19,26H,4,17-18H2,1-3H3,(H,31,36)/t26-/m1/s1. The molecule has 0 aromatic heterocycles. The summed E-state index contributed by atoms with van der Waals surface area (Å²) in [5, 5.41) is 14.6. The summed E-state index contributed by atoms with van der Waals surface area (Å²) >= 11 is 12.8. The van der Waals surface area contributed by atoms with E-state index in [4.69, 9.17) is 23.2 Å². The van der Waals surface area contributed by atoms with Crippen LogP contribution in [0, 0.1) is 10.1 Å². The highest BCUT2D eigenvalue weighted by Crippen LogP contribution is 2.29. The Labute approximate surface area is 249 Å². The van der Waals surface area contributed by atoms with Crippen molar-refractivity contribution in [2.24, 2.45) is 0 Å². The maximum Gasteiger partial charge on any atom is 0.269 e. The first kappa shape index (κ1) is 31.9. The van der Waals surface area contributed by atoms with Crippen LogP contribution in [0.5, 0.6) is 0 Å². The van der Waals surface area contributed by atoms with Crippen LogP contribution in [0.4, 0.5) is 11.4 Å². The number of sulfonamides is 1. The fourth-order valence-corrected chi connectivity index (χ4v) is 6.10. The number of anilines is 1. The van der Waals surface area contributed by atoms with Gasteiger partial charge in [-0.25, -0.2) is 8.42 Å². The van der Waals surface area contributed by atoms with E-state index in [9.17, 15) is 28.1 Å². The van der Waals surface area contributed by atoms with Crippen molar-refractivity contribution in [2.75, 3.05) is 10.8 Å². The van der Waals surface area contributed by atoms with Gasteiger partial charge in [0.25, 0.3) is 15.7 Å². The van der Waals surface area contributed by atoms with Crippen LogP contribution in [0.1, 0.15) is 32.8 Å². The van der Waals surface area contributed by atoms with E-state index in [1.165, 1.54) is 41.3 Å². The van der Waals surface area contributed by atoms with Crippen molar-refractivity contribution in [1.82, 2.24) is 10.2 Å². The monoisotopic (exact) mass is 620 g/mol. The number of hydrogen-bond acceptors (Lipinski definition) is 6. The number of non-ortho nitro benzene ring substituents is 1. The second-order valence-electron chi connectivity index (χ2n) is 9.41. The van der Waals surface area contributed by atoms with E-state index in [2.05, 4.69) is 5.32 Å². The number of nitrogens with one attached hydrogen (secondary N) is 1. The molecule has 0 aliphatic rings. The number of nitro groups is 1. The molecule has 10 nitrogen and oxygen atoms in total. The highest BCUT2D eigenvalue weighted by molar-refractivity contribution is 7.92. The second-order valence-corrected chi connectivity index (χ2v) is 12.1. The molecule has 0 heterocycles. The van der Waals surface area contributed by atoms with Crippen molar-refractivity contribution in [2.45, 2.75) is 50.7 Å². The van der Waals surface area contributed by atoms with Gasteiger partial charge in [-0.2, -0.15) is 0 Å². The van der Waals surface area contributed by atoms with E-state index >= 15 is 0 Å². The zero-order valence-electron chi connectivity index (χ0n) is 22.7. The van der Waals surface area contributed by atoms with Gasteiger partial charge in [-0.15, -0.1) is 0 Å². The number of amides is 2. The summed E-state index contributed by atoms with van der Waals surface area (Å²) in [5.41, 5.74) is 0.180. The third kappa shape index (κ3) is 7.75. The molecule has 3 aromatic carbocycles. The molecule has 0 radical (unpaired) electrons. The van der Waals surface area contributed by atoms with Gasteiger partial charge in [0.05, 0.1) is 15.5 Å². The molecule has 3 aromatic rings. The molecule has 0 spiro atoms. The number of nitrogens with zero attached hydrogens (tertiary/aromatic N) is 3. The lowest BCUT2D eigenvalue weighted by Gasteiger charge is -2.34. The predicted molar refractivity (Wildman–Crippen MR) is 158 cm³/mol. The topological polar surface area (TPSA) is 130 Å². The fraction of sp³-hybridized carbons (Fsp3) is 0.286. The molecule has 1 atom stereocenters. The Kier molecular flexibility index (Phi) is 10.7. The summed E-state index contributed by atoms with van der Waals surface area (Å²) in [6, 6.07) is 16.0. The molecule has 0 aliphatic heterocycles. The number of halogens is 2. The van der Waals surface area contributed by atoms with Crippen LogP contribution >= 0.6 is 23.2 Å². The number of nitro benzene ring substituents is 1. The van der Waals surface area contributed by atoms with Crippen LogP contribution < -0.4 is 9.62 Å². The van der Waals surface area contributed by atoms with Crippen molar-refractivity contribution in [3.05, 3.63) is 98.5 Å². The van der Waals surface area contributed by atoms with E-state index in [-0.39, 0.29) is 45.3 Å². The first-order chi connectivity index (χ1) is 19.4. The highest BCUT2D eigenvalue weighted by Gasteiger charge is 2.34. The Hall–Kier alpha value is -3.67. The smallest absolute Gasteiger partial charge is 0.269 e. The molecule has 3 rings (SSSR count). The molecule has 0 saturated carbocycles. The molecule has 0 bridgehead atoms. The number of carbonyl (C=O) groups excluding carboxylic acids is 2. The minimum absolute atomic E-state index is 0.0307. The molecule has 0 aliphatic carbocycles. The van der Waals surface area contributed by atoms with Crippen molar-refractivity contribution >= 4 is 56.4 Å². The van der Waals surface area contributed by atoms with E-state index in [1.54, 1.807) is 45.0 Å². The first-order valence-corrected chi connectivity index (χ1v) is 14.9. The van der Waals surface area contributed by atoms with Crippen LogP contribution in [0.25, 0.3) is 0 Å². The molecule has 218 valence electrons. The third-order valence-corrected chi connectivity index (χ3v) is 8.66. The van der Waals surface area contributed by atoms with Gasteiger partial charge in [-0.05, 0) is 56.7 Å². The summed E-state index contributed by atoms with van der Waals surface area (Å²) in [7, 11) is -4.31. The van der Waals surface area contributed by atoms with E-state index in [1.807, 2.05) is 0 Å². The van der Waals surface area contributed by atoms with Gasteiger partial charge < -0.3 is 10.2 Å². The van der Waals surface area contributed by atoms with Crippen LogP contribution in [0.2, 0.25) is 10.0 Å². The van der Waals surface area contributed by atoms with Crippen LogP contribution in [0.3, 0.4) is 0 Å². The fourth-order valence-electron chi connectivity index (χ4n) is 4.14. The molecule has 13 heteroatoms. The second kappa shape index (κ2) is 13.8. The van der Waals surface area contributed by atoms with Crippen LogP contribution in [-0.4, -0.2) is 48.7 Å². The molecule has 2 amide bonds. The number of rotatable bonds is 12. The van der Waals surface area contributed by atoms with E-state index in [0.29, 0.717) is 5.56 Å². The average molecular weight is 622 g/mol. The van der Waals surface area contributed by atoms with Gasteiger partial charge in [0.1, 0.15) is 12.6 Å². The van der Waals surface area contributed by atoms with Gasteiger partial charge in [0.2, 0.25) is 11.8 Å². The number of benzene rings is 3. The molecular weight excluding hydrogens is 591 g/mol. The summed E-state index contributed by atoms with van der Waals surface area (Å²) in [4.78, 5) is 39.0. The lowest BCUT2D eigenvalue weighted by Crippen LogP contribution is -2.53. The Morgan fingerprint density at radius 3 is 2.05 bits per heavy atom. The predicted octanol–water partition coefficient (Wildman–Crippen LogP) is 5.43. The van der Waals surface area contributed by atoms with Crippen molar-refractivity contribution < 1.29 is 22.9 Å². The molecular formula is C28H30Cl2N4O6S. The average Bonchev–Trinajstić information content (AvgIpc) is 2.93. The SMILES string of the molecule is CC[C@H](C(=O)NC(C)C)N(Cc1c(Cl)cccc1Cl)C(=O)CN(c1ccc([N+](=O)[O-])cc1)S(=O)(=O)c1ccccc1. The van der Waals surface area contributed by atoms with Gasteiger partial charge in [-0.1, -0.05) is 54.4 Å². The molecule has 0 unspecified atom stereocenters. The Balaban J connectivity index is 2.11. The number of hydrogen-bond donors (Lipinski definition) is 1. The minimum Gasteiger partial charge on any atom is -0.352 e. The largest absolute Gasteiger partial charge is 0.352 e. The Morgan fingerprint density at radius 2 is 1.54 bits per heavy atom. The quantitative estimate of drug-likeness (QED) is 0.212. The van der Waals surface area contributed by atoms with Gasteiger partial charge in [0, 0.05) is 40.3 Å². The normalized spacial score (nSPS) is 12.0. The Bertz CT molecular complexity index is 1480. The summed E-state index contributed by atoms with van der Waals surface area (Å²) in [6.45, 7) is 4.42. The highest BCUT2D eigenvalue weighted by atomic mass is 35.5. The van der Waals surface area contributed by atoms with Gasteiger partial charge in [-0.3, -0.25) is 24.0 Å². The Morgan fingerprint density at radius 1 is 0.951 bits per heavy atom. The molecule has 0 fully saturated rings. The van der Waals surface area contributed by atoms with E-state index in [0.717, 1.165) is 16.4 Å². The summed E-state index contributed by atoms with van der Waals surface area (Å²) < 4.78 is 28.5. The van der Waals surface area contributed by atoms with E-state index < -0.39 is 39.3 Å². The molecule has 41 heavy (non-hydrogen) atoms. The minimum atomic E-state index is -4.31. The zero-order chi connectivity index (χ0) is 30.3. The van der Waals surface area contributed by atoms with Crippen LogP contribution in [0.15, 0.2) is 77.7 Å². The molecule has 0 saturated heterocycles. The van der Waals surface area contributed by atoms with Crippen molar-refractivity contribution in [1.29, 1.82) is 0 Å². The first-order valence-electron chi connectivity index (χ1n) is 12.7. The van der Waals surface area contributed by atoms with Crippen LogP contribution in [-0.2, 0) is 26.2 Å².